The lowest BCUT2D eigenvalue weighted by molar-refractivity contribution is -0.124. The smallest absolute Gasteiger partial charge is 0.338 e. The monoisotopic (exact) mass is 1300 g/mol. The van der Waals surface area contributed by atoms with Gasteiger partial charge in [-0.3, -0.25) is 29.0 Å². The summed E-state index contributed by atoms with van der Waals surface area (Å²) in [5.74, 6) is -0.362. The molecule has 0 radical (unpaired) electrons. The molecule has 4 aromatic rings. The van der Waals surface area contributed by atoms with Crippen LogP contribution in [-0.4, -0.2) is 84.3 Å². The zero-order valence-electron chi connectivity index (χ0n) is 49.0. The number of nitrogens with zero attached hydrogens (tertiary/aromatic N) is 4. The molecule has 16 nitrogen and oxygen atoms in total. The van der Waals surface area contributed by atoms with Crippen molar-refractivity contribution in [3.8, 4) is 35.1 Å². The first-order valence-electron chi connectivity index (χ1n) is 29.6. The Kier molecular flexibility index (Phi) is 20.4. The van der Waals surface area contributed by atoms with E-state index in [-0.39, 0.29) is 94.1 Å². The lowest BCUT2D eigenvalue weighted by Crippen LogP contribution is -2.51. The van der Waals surface area contributed by atoms with Crippen molar-refractivity contribution in [3.63, 3.8) is 0 Å². The minimum absolute atomic E-state index is 0. The van der Waals surface area contributed by atoms with E-state index in [1.54, 1.807) is 54.6 Å². The molecule has 8 aliphatic rings. The highest BCUT2D eigenvalue weighted by molar-refractivity contribution is 6.36. The van der Waals surface area contributed by atoms with Gasteiger partial charge in [-0.05, 0) is 185 Å². The van der Waals surface area contributed by atoms with Crippen molar-refractivity contribution >= 4 is 82.0 Å². The molecule has 4 amide bonds. The van der Waals surface area contributed by atoms with Gasteiger partial charge in [0.2, 0.25) is 13.6 Å². The molecule has 4 aromatic carbocycles. The Morgan fingerprint density at radius 2 is 0.944 bits per heavy atom. The molecule has 20 heteroatoms. The third kappa shape index (κ3) is 13.1. The molecule has 0 saturated heterocycles. The number of rotatable bonds is 10. The van der Waals surface area contributed by atoms with Gasteiger partial charge in [0.05, 0.1) is 23.3 Å². The number of halogens is 4. The van der Waals surface area contributed by atoms with E-state index in [0.717, 1.165) is 35.1 Å². The molecule has 2 saturated carbocycles. The second-order valence-electron chi connectivity index (χ2n) is 24.3. The van der Waals surface area contributed by atoms with Gasteiger partial charge in [-0.1, -0.05) is 97.4 Å². The summed E-state index contributed by atoms with van der Waals surface area (Å²) < 4.78 is 34.2. The van der Waals surface area contributed by atoms with Gasteiger partial charge in [-0.25, -0.2) is 9.59 Å². The van der Waals surface area contributed by atoms with E-state index in [2.05, 4.69) is 32.9 Å². The van der Waals surface area contributed by atoms with Crippen molar-refractivity contribution < 1.29 is 57.2 Å². The van der Waals surface area contributed by atoms with Crippen LogP contribution in [0.3, 0.4) is 0 Å². The minimum atomic E-state index is -0.605. The third-order valence-electron chi connectivity index (χ3n) is 19.5. The predicted octanol–water partition coefficient (Wildman–Crippen LogP) is 15.6. The van der Waals surface area contributed by atoms with Gasteiger partial charge >= 0.3 is 11.9 Å². The minimum Gasteiger partial charge on any atom is -0.454 e. The third-order valence-corrected chi connectivity index (χ3v) is 20.4. The number of ether oxygens (including phenoxy) is 6. The van der Waals surface area contributed by atoms with Crippen molar-refractivity contribution in [2.45, 2.75) is 119 Å². The maximum Gasteiger partial charge on any atom is 0.338 e. The fraction of sp³-hybridized carbons (Fsp3) is 0.429. The van der Waals surface area contributed by atoms with Crippen LogP contribution >= 0.6 is 46.4 Å². The van der Waals surface area contributed by atoms with Crippen LogP contribution in [0.5, 0.6) is 23.0 Å². The number of esters is 2. The Hall–Kier alpha value is -7.60. The van der Waals surface area contributed by atoms with Crippen LogP contribution in [-0.2, 0) is 19.1 Å². The average molecular weight is 1300 g/mol. The molecule has 0 N–H and O–H groups in total. The van der Waals surface area contributed by atoms with E-state index in [1.165, 1.54) is 40.1 Å². The van der Waals surface area contributed by atoms with Gasteiger partial charge in [0.25, 0.3) is 23.6 Å². The molecule has 90 heavy (non-hydrogen) atoms. The fourth-order valence-electron chi connectivity index (χ4n) is 15.2. The molecule has 0 bridgehead atoms. The fourth-order valence-corrected chi connectivity index (χ4v) is 16.3. The van der Waals surface area contributed by atoms with Gasteiger partial charge in [0, 0.05) is 81.1 Å². The maximum absolute atomic E-state index is 13.7. The molecule has 4 heterocycles. The van der Waals surface area contributed by atoms with Gasteiger partial charge < -0.3 is 28.4 Å². The van der Waals surface area contributed by atoms with Crippen molar-refractivity contribution in [2.24, 2.45) is 46.3 Å². The van der Waals surface area contributed by atoms with Crippen LogP contribution in [0.2, 0.25) is 20.1 Å². The SMILES string of the molecule is C.C.CC1=C[C@@H](OC(=O)c2cc(Cl)cc(Cl)c2)[C@H]2[C@@H](CCC3=CC(=O)N(C(=O)c4cc(Cl)cc(Cl)c4)CC[C@@]32C)[C@@H]1CCC#N.CC1=C[C@@H](OC(=O)c2ccc3c(c2)OCO3)[C@H]2[C@@H](CCC3=CC(=O)N(C(=O)c4ccc5c(c4)OCO5)CC[C@@]32C)[C@@H]1CCC#N. The number of carbonyl (C=O) groups is 6. The number of fused-ring (bicyclic) bond motifs is 8. The van der Waals surface area contributed by atoms with Crippen LogP contribution in [0, 0.1) is 69.0 Å². The highest BCUT2D eigenvalue weighted by Gasteiger charge is 2.56. The van der Waals surface area contributed by atoms with Crippen molar-refractivity contribution in [1.82, 2.24) is 9.80 Å². The quantitative estimate of drug-likeness (QED) is 0.0821. The number of nitriles is 2. The zero-order chi connectivity index (χ0) is 62.3. The molecular weight excluding hydrogens is 1230 g/mol. The molecule has 472 valence electrons. The number of hydrogen-bond donors (Lipinski definition) is 0. The van der Waals surface area contributed by atoms with E-state index in [1.807, 2.05) is 19.1 Å². The predicted molar refractivity (Wildman–Crippen MR) is 340 cm³/mol. The van der Waals surface area contributed by atoms with Crippen molar-refractivity contribution in [1.29, 1.82) is 10.5 Å². The molecule has 2 fully saturated rings. The number of imide groups is 2. The van der Waals surface area contributed by atoms with E-state index in [4.69, 9.17) is 74.8 Å². The van der Waals surface area contributed by atoms with Crippen LogP contribution in [0.25, 0.3) is 0 Å². The summed E-state index contributed by atoms with van der Waals surface area (Å²) in [6, 6.07) is 23.6. The Labute approximate surface area is 545 Å². The summed E-state index contributed by atoms with van der Waals surface area (Å²) >= 11 is 24.6. The van der Waals surface area contributed by atoms with Crippen LogP contribution in [0.1, 0.15) is 148 Å². The summed E-state index contributed by atoms with van der Waals surface area (Å²) in [4.78, 5) is 83.9. The van der Waals surface area contributed by atoms with Gasteiger partial charge in [0.1, 0.15) is 12.2 Å². The first-order valence-corrected chi connectivity index (χ1v) is 31.1. The summed E-state index contributed by atoms with van der Waals surface area (Å²) in [5.41, 5.74) is 4.16. The van der Waals surface area contributed by atoms with Gasteiger partial charge in [-0.15, -0.1) is 0 Å². The highest BCUT2D eigenvalue weighted by Crippen LogP contribution is 2.60. The normalized spacial score (nSPS) is 26.6. The van der Waals surface area contributed by atoms with Crippen molar-refractivity contribution in [3.05, 3.63) is 162 Å². The Balaban J connectivity index is 0.000000209. The zero-order valence-corrected chi connectivity index (χ0v) is 52.0. The lowest BCUT2D eigenvalue weighted by atomic mass is 9.51. The van der Waals surface area contributed by atoms with E-state index in [0.29, 0.717) is 106 Å². The van der Waals surface area contributed by atoms with Gasteiger partial charge in [0.15, 0.2) is 23.0 Å². The molecule has 10 atom stereocenters. The Morgan fingerprint density at radius 1 is 0.556 bits per heavy atom. The topological polar surface area (TPSA) is 212 Å². The Bertz CT molecular complexity index is 3730. The van der Waals surface area contributed by atoms with E-state index in [9.17, 15) is 39.3 Å². The van der Waals surface area contributed by atoms with Crippen LogP contribution in [0.15, 0.2) is 119 Å². The molecule has 0 unspecified atom stereocenters. The summed E-state index contributed by atoms with van der Waals surface area (Å²) in [7, 11) is 0. The van der Waals surface area contributed by atoms with Gasteiger partial charge in [-0.2, -0.15) is 10.5 Å². The van der Waals surface area contributed by atoms with E-state index >= 15 is 0 Å². The number of allylic oxidation sites excluding steroid dienone is 4. The molecule has 0 aromatic heterocycles. The lowest BCUT2D eigenvalue weighted by Gasteiger charge is -2.54. The molecule has 4 aliphatic heterocycles. The number of carbonyl (C=O) groups excluding carboxylic acids is 6. The average Bonchev–Trinajstić information content (AvgIpc) is 1.15. The first kappa shape index (κ1) is 66.8. The largest absolute Gasteiger partial charge is 0.454 e. The van der Waals surface area contributed by atoms with Crippen molar-refractivity contribution in [2.75, 3.05) is 26.7 Å². The summed E-state index contributed by atoms with van der Waals surface area (Å²) in [5, 5.41) is 20.1. The molecular formula is C70H72Cl4N4O12. The number of benzene rings is 4. The summed E-state index contributed by atoms with van der Waals surface area (Å²) in [6.45, 7) is 8.87. The highest BCUT2D eigenvalue weighted by atomic mass is 35.5. The molecule has 4 aliphatic carbocycles. The maximum atomic E-state index is 13.7. The molecule has 12 rings (SSSR count). The van der Waals surface area contributed by atoms with Crippen LogP contribution in [0.4, 0.5) is 0 Å². The standard InChI is InChI=1S/C35H34N2O8.C33H30Cl4N2O4.2CH4/c1-20-14-30(45-34(40)22-6-10-27-29(16-22)44-19-42-27)32-25(24(20)4-3-12-36)8-7-23-17-31(38)37(13-11-35(23,32)2)33(39)21-5-9-26-28(15-21)43-18-41-26;1-18-10-28(43-32(42)20-13-24(36)17-25(37)14-20)30-27(26(18)4-3-8-38)6-5-21-15-29(40)39(9-7-33(21,30)2)31(41)19-11-22(34)16-23(35)12-19;;/h5-6,9-10,14-17,24-25,30,32H,3-4,7-8,11,13,18-19H2,1-2H3;10-17,26-28,30H,3-7,9H2,1-2H3;2*1H4/t24-,25+,30-,32-,35+;26-,27+,28-,30-,33+;;/m11../s1. The number of amides is 4. The number of hydrogen-bond acceptors (Lipinski definition) is 14. The second kappa shape index (κ2) is 27.5. The second-order valence-corrected chi connectivity index (χ2v) is 26.1. The Morgan fingerprint density at radius 3 is 1.39 bits per heavy atom. The molecule has 0 spiro atoms. The first-order chi connectivity index (χ1) is 42.2. The van der Waals surface area contributed by atoms with Crippen LogP contribution < -0.4 is 18.9 Å². The summed E-state index contributed by atoms with van der Waals surface area (Å²) in [6.07, 6.45) is 12.2. The van der Waals surface area contributed by atoms with E-state index < -0.39 is 52.7 Å².